The molecule has 1 saturated carbocycles. The van der Waals surface area contributed by atoms with Gasteiger partial charge in [-0.25, -0.2) is 0 Å². The van der Waals surface area contributed by atoms with Crippen LogP contribution in [0.1, 0.15) is 81.9 Å². The Balaban J connectivity index is 0.000000387. The number of ether oxygens (including phenoxy) is 1. The lowest BCUT2D eigenvalue weighted by atomic mass is 9.82. The number of carbonyl (C=O) groups is 2. The van der Waals surface area contributed by atoms with Crippen LogP contribution in [0.5, 0.6) is 0 Å². The summed E-state index contributed by atoms with van der Waals surface area (Å²) in [5, 5.41) is 11.6. The molecular formula is C20H33NO4. The minimum atomic E-state index is -0.821. The van der Waals surface area contributed by atoms with Gasteiger partial charge in [0.25, 0.3) is 5.91 Å². The Labute approximate surface area is 151 Å². The van der Waals surface area contributed by atoms with Gasteiger partial charge >= 0.3 is 5.97 Å². The normalized spacial score (nSPS) is 17.0. The smallest absolute Gasteiger partial charge is 0.305 e. The molecule has 0 aromatic heterocycles. The quantitative estimate of drug-likeness (QED) is 0.800. The molecule has 5 heteroatoms. The zero-order valence-electron chi connectivity index (χ0n) is 16.2. The molecule has 1 aliphatic heterocycles. The monoisotopic (exact) mass is 351 g/mol. The Hall–Kier alpha value is -1.88. The number of methoxy groups -OCH3 is 1. The summed E-state index contributed by atoms with van der Waals surface area (Å²) in [5.74, 6) is 0.555. The summed E-state index contributed by atoms with van der Waals surface area (Å²) in [6, 6.07) is 7.00. The molecule has 1 aliphatic carbocycles. The number of esters is 1. The van der Waals surface area contributed by atoms with Gasteiger partial charge in [0.2, 0.25) is 0 Å². The predicted octanol–water partition coefficient (Wildman–Crippen LogP) is 4.21. The minimum absolute atomic E-state index is 0.0631. The first-order valence-corrected chi connectivity index (χ1v) is 9.26. The molecule has 2 aliphatic rings. The maximum Gasteiger partial charge on any atom is 0.305 e. The van der Waals surface area contributed by atoms with Crippen LogP contribution in [-0.2, 0) is 9.53 Å². The summed E-state index contributed by atoms with van der Waals surface area (Å²) in [5.41, 5.74) is 1.23. The van der Waals surface area contributed by atoms with E-state index in [9.17, 15) is 14.7 Å². The molecule has 1 aromatic rings. The van der Waals surface area contributed by atoms with Gasteiger partial charge < -0.3 is 15.2 Å². The largest absolute Gasteiger partial charge is 0.469 e. The average Bonchev–Trinajstić information content (AvgIpc) is 2.92. The molecule has 142 valence electrons. The molecule has 1 atom stereocenters. The van der Waals surface area contributed by atoms with E-state index in [1.165, 1.54) is 26.4 Å². The molecule has 5 nitrogen and oxygen atoms in total. The van der Waals surface area contributed by atoms with E-state index in [0.29, 0.717) is 17.5 Å². The SMILES string of the molecule is CC.CC.COC(=O)CCC1CCC1.O=C1NC(O)c2ccccc21. The molecule has 0 spiro atoms. The van der Waals surface area contributed by atoms with Crippen molar-refractivity contribution in [3.05, 3.63) is 35.4 Å². The van der Waals surface area contributed by atoms with Gasteiger partial charge in [0.15, 0.2) is 6.23 Å². The lowest BCUT2D eigenvalue weighted by Gasteiger charge is -2.24. The lowest BCUT2D eigenvalue weighted by Crippen LogP contribution is -2.17. The van der Waals surface area contributed by atoms with Crippen molar-refractivity contribution in [1.29, 1.82) is 0 Å². The second-order valence-corrected chi connectivity index (χ2v) is 5.37. The summed E-state index contributed by atoms with van der Waals surface area (Å²) in [6.07, 6.45) is 4.81. The third-order valence-corrected chi connectivity index (χ3v) is 3.98. The van der Waals surface area contributed by atoms with E-state index < -0.39 is 6.23 Å². The van der Waals surface area contributed by atoms with Crippen molar-refractivity contribution >= 4 is 11.9 Å². The molecule has 0 radical (unpaired) electrons. The fourth-order valence-corrected chi connectivity index (χ4v) is 2.43. The summed E-state index contributed by atoms with van der Waals surface area (Å²) < 4.78 is 4.53. The van der Waals surface area contributed by atoms with E-state index in [4.69, 9.17) is 0 Å². The summed E-state index contributed by atoms with van der Waals surface area (Å²) in [6.45, 7) is 8.00. The van der Waals surface area contributed by atoms with Crippen molar-refractivity contribution in [1.82, 2.24) is 5.32 Å². The second kappa shape index (κ2) is 13.4. The first-order chi connectivity index (χ1) is 12.1. The van der Waals surface area contributed by atoms with Gasteiger partial charge in [-0.2, -0.15) is 0 Å². The van der Waals surface area contributed by atoms with Crippen LogP contribution in [-0.4, -0.2) is 24.1 Å². The average molecular weight is 351 g/mol. The van der Waals surface area contributed by atoms with Crippen LogP contribution in [0.3, 0.4) is 0 Å². The predicted molar refractivity (Wildman–Crippen MR) is 100 cm³/mol. The minimum Gasteiger partial charge on any atom is -0.469 e. The summed E-state index contributed by atoms with van der Waals surface area (Å²) in [4.78, 5) is 21.6. The maximum absolute atomic E-state index is 11.0. The highest BCUT2D eigenvalue weighted by Gasteiger charge is 2.25. The van der Waals surface area contributed by atoms with Crippen molar-refractivity contribution in [3.8, 4) is 0 Å². The van der Waals surface area contributed by atoms with Gasteiger partial charge in [0.1, 0.15) is 0 Å². The molecule has 1 aromatic carbocycles. The van der Waals surface area contributed by atoms with E-state index in [-0.39, 0.29) is 11.9 Å². The van der Waals surface area contributed by atoms with Crippen LogP contribution in [0.15, 0.2) is 24.3 Å². The van der Waals surface area contributed by atoms with E-state index in [1.807, 2.05) is 27.7 Å². The number of carbonyl (C=O) groups excluding carboxylic acids is 2. The Morgan fingerprint density at radius 1 is 1.20 bits per heavy atom. The van der Waals surface area contributed by atoms with E-state index >= 15 is 0 Å². The molecular weight excluding hydrogens is 318 g/mol. The van der Waals surface area contributed by atoms with Gasteiger partial charge in [-0.05, 0) is 18.4 Å². The number of fused-ring (bicyclic) bond motifs is 1. The van der Waals surface area contributed by atoms with E-state index in [0.717, 1.165) is 12.3 Å². The maximum atomic E-state index is 11.0. The third kappa shape index (κ3) is 7.69. The zero-order valence-corrected chi connectivity index (χ0v) is 16.2. The number of amides is 1. The van der Waals surface area contributed by atoms with Crippen molar-refractivity contribution in [2.75, 3.05) is 7.11 Å². The summed E-state index contributed by atoms with van der Waals surface area (Å²) in [7, 11) is 1.45. The standard InChI is InChI=1S/C8H7NO2.C8H14O2.2C2H6/c10-7-5-3-1-2-4-6(5)8(11)9-7;1-10-8(9)6-5-7-3-2-4-7;2*1-2/h1-4,7,10H,(H,9,11);7H,2-6H2,1H3;2*1-2H3. The number of aliphatic hydroxyl groups excluding tert-OH is 1. The first kappa shape index (κ1) is 23.1. The van der Waals surface area contributed by atoms with E-state index in [2.05, 4.69) is 10.1 Å². The fourth-order valence-electron chi connectivity index (χ4n) is 2.43. The molecule has 1 unspecified atom stereocenters. The highest BCUT2D eigenvalue weighted by Crippen LogP contribution is 2.30. The van der Waals surface area contributed by atoms with Gasteiger partial charge in [-0.15, -0.1) is 0 Å². The molecule has 1 amide bonds. The molecule has 1 fully saturated rings. The Bertz CT molecular complexity index is 512. The highest BCUT2D eigenvalue weighted by atomic mass is 16.5. The molecule has 3 rings (SSSR count). The van der Waals surface area contributed by atoms with Crippen LogP contribution < -0.4 is 5.32 Å². The Morgan fingerprint density at radius 3 is 2.28 bits per heavy atom. The number of nitrogens with one attached hydrogen (secondary N) is 1. The molecule has 0 saturated heterocycles. The Kier molecular flexibility index (Phi) is 12.4. The molecule has 2 N–H and O–H groups in total. The second-order valence-electron chi connectivity index (χ2n) is 5.37. The van der Waals surface area contributed by atoms with Gasteiger partial charge in [-0.3, -0.25) is 9.59 Å². The number of aliphatic hydroxyl groups is 1. The van der Waals surface area contributed by atoms with Gasteiger partial charge in [0, 0.05) is 17.5 Å². The van der Waals surface area contributed by atoms with Crippen molar-refractivity contribution in [2.24, 2.45) is 5.92 Å². The van der Waals surface area contributed by atoms with Gasteiger partial charge in [0.05, 0.1) is 7.11 Å². The van der Waals surface area contributed by atoms with Crippen LogP contribution in [0, 0.1) is 5.92 Å². The number of hydrogen-bond acceptors (Lipinski definition) is 4. The lowest BCUT2D eigenvalue weighted by molar-refractivity contribution is -0.141. The topological polar surface area (TPSA) is 75.6 Å². The molecule has 0 bridgehead atoms. The number of hydrogen-bond donors (Lipinski definition) is 2. The highest BCUT2D eigenvalue weighted by molar-refractivity contribution is 5.98. The number of rotatable bonds is 3. The van der Waals surface area contributed by atoms with Crippen LogP contribution in [0.4, 0.5) is 0 Å². The molecule has 25 heavy (non-hydrogen) atoms. The third-order valence-electron chi connectivity index (χ3n) is 3.98. The fraction of sp³-hybridized carbons (Fsp3) is 0.600. The summed E-state index contributed by atoms with van der Waals surface area (Å²) >= 11 is 0. The van der Waals surface area contributed by atoms with Crippen LogP contribution >= 0.6 is 0 Å². The molecule has 1 heterocycles. The van der Waals surface area contributed by atoms with Crippen molar-refractivity contribution in [2.45, 2.75) is 66.0 Å². The zero-order chi connectivity index (χ0) is 19.2. The van der Waals surface area contributed by atoms with E-state index in [1.54, 1.807) is 24.3 Å². The number of benzene rings is 1. The van der Waals surface area contributed by atoms with Gasteiger partial charge in [-0.1, -0.05) is 65.2 Å². The Morgan fingerprint density at radius 2 is 1.80 bits per heavy atom. The van der Waals surface area contributed by atoms with Crippen LogP contribution in [0.2, 0.25) is 0 Å². The first-order valence-electron chi connectivity index (χ1n) is 9.26. The van der Waals surface area contributed by atoms with Crippen LogP contribution in [0.25, 0.3) is 0 Å². The van der Waals surface area contributed by atoms with Crippen molar-refractivity contribution < 1.29 is 19.4 Å². The van der Waals surface area contributed by atoms with Crippen molar-refractivity contribution in [3.63, 3.8) is 0 Å².